The Morgan fingerprint density at radius 2 is 2.06 bits per heavy atom. The summed E-state index contributed by atoms with van der Waals surface area (Å²) < 4.78 is 26.7. The summed E-state index contributed by atoms with van der Waals surface area (Å²) in [5.41, 5.74) is 6.11. The van der Waals surface area contributed by atoms with Crippen molar-refractivity contribution < 1.29 is 8.78 Å². The highest BCUT2D eigenvalue weighted by Crippen LogP contribution is 2.37. The van der Waals surface area contributed by atoms with E-state index in [4.69, 9.17) is 5.73 Å². The zero-order valence-electron chi connectivity index (χ0n) is 9.21. The molecule has 0 saturated heterocycles. The van der Waals surface area contributed by atoms with Crippen molar-refractivity contribution in [3.63, 3.8) is 0 Å². The summed E-state index contributed by atoms with van der Waals surface area (Å²) >= 11 is 0. The Hall–Kier alpha value is -1.00. The lowest BCUT2D eigenvalue weighted by atomic mass is 9.74. The van der Waals surface area contributed by atoms with E-state index < -0.39 is 5.82 Å². The van der Waals surface area contributed by atoms with Crippen LogP contribution in [0.1, 0.15) is 24.4 Å². The van der Waals surface area contributed by atoms with Gasteiger partial charge in [-0.05, 0) is 44.0 Å². The predicted octanol–water partition coefficient (Wildman–Crippen LogP) is 1.96. The normalized spacial score (nSPS) is 26.2. The number of benzene rings is 1. The molecule has 0 bridgehead atoms. The highest BCUT2D eigenvalue weighted by atomic mass is 19.1. The molecule has 2 rings (SSSR count). The molecule has 3 N–H and O–H groups in total. The van der Waals surface area contributed by atoms with E-state index in [-0.39, 0.29) is 17.9 Å². The molecule has 2 nitrogen and oxygen atoms in total. The molecule has 0 amide bonds. The van der Waals surface area contributed by atoms with E-state index in [1.807, 2.05) is 0 Å². The summed E-state index contributed by atoms with van der Waals surface area (Å²) in [5.74, 6) is -0.460. The third-order valence-electron chi connectivity index (χ3n) is 3.29. The molecule has 1 fully saturated rings. The number of rotatable bonds is 3. The minimum absolute atomic E-state index is 0.143. The van der Waals surface area contributed by atoms with E-state index in [2.05, 4.69) is 5.32 Å². The molecule has 0 heterocycles. The van der Waals surface area contributed by atoms with Crippen LogP contribution in [0, 0.1) is 17.6 Å². The minimum atomic E-state index is -0.403. The van der Waals surface area contributed by atoms with Gasteiger partial charge in [0.1, 0.15) is 11.6 Å². The molecule has 0 aromatic heterocycles. The molecule has 1 aromatic rings. The van der Waals surface area contributed by atoms with Gasteiger partial charge in [0.2, 0.25) is 0 Å². The summed E-state index contributed by atoms with van der Waals surface area (Å²) in [6, 6.07) is 3.64. The Morgan fingerprint density at radius 1 is 1.38 bits per heavy atom. The largest absolute Gasteiger partial charge is 0.328 e. The lowest BCUT2D eigenvalue weighted by molar-refractivity contribution is 0.201. The molecule has 1 aliphatic rings. The first-order valence-electron chi connectivity index (χ1n) is 5.49. The van der Waals surface area contributed by atoms with Gasteiger partial charge in [0.15, 0.2) is 0 Å². The first-order valence-corrected chi connectivity index (χ1v) is 5.49. The van der Waals surface area contributed by atoms with E-state index in [0.717, 1.165) is 18.9 Å². The van der Waals surface area contributed by atoms with Gasteiger partial charge in [-0.25, -0.2) is 8.78 Å². The molecule has 1 saturated carbocycles. The Bertz CT molecular complexity index is 375. The van der Waals surface area contributed by atoms with Crippen LogP contribution in [0.2, 0.25) is 0 Å². The van der Waals surface area contributed by atoms with Gasteiger partial charge in [0.05, 0.1) is 0 Å². The highest BCUT2D eigenvalue weighted by molar-refractivity contribution is 5.24. The fraction of sp³-hybridized carbons (Fsp3) is 0.500. The summed E-state index contributed by atoms with van der Waals surface area (Å²) in [5, 5.41) is 3.05. The van der Waals surface area contributed by atoms with Gasteiger partial charge in [-0.15, -0.1) is 0 Å². The van der Waals surface area contributed by atoms with Gasteiger partial charge in [0, 0.05) is 17.6 Å². The molecule has 16 heavy (non-hydrogen) atoms. The molecule has 88 valence electrons. The van der Waals surface area contributed by atoms with Crippen LogP contribution in [0.4, 0.5) is 8.78 Å². The summed E-state index contributed by atoms with van der Waals surface area (Å²) in [4.78, 5) is 0. The number of hydrogen-bond donors (Lipinski definition) is 2. The van der Waals surface area contributed by atoms with Crippen LogP contribution in [0.3, 0.4) is 0 Å². The van der Waals surface area contributed by atoms with Gasteiger partial charge in [-0.2, -0.15) is 0 Å². The van der Waals surface area contributed by atoms with E-state index in [0.29, 0.717) is 11.5 Å². The molecule has 4 heteroatoms. The molecule has 0 radical (unpaired) electrons. The topological polar surface area (TPSA) is 38.0 Å². The van der Waals surface area contributed by atoms with E-state index in [9.17, 15) is 8.78 Å². The van der Waals surface area contributed by atoms with Gasteiger partial charge in [-0.1, -0.05) is 0 Å². The molecule has 0 aliphatic heterocycles. The molecule has 1 atom stereocenters. The average Bonchev–Trinajstić information content (AvgIpc) is 2.21. The summed E-state index contributed by atoms with van der Waals surface area (Å²) in [6.45, 7) is 0. The molecule has 1 unspecified atom stereocenters. The quantitative estimate of drug-likeness (QED) is 0.827. The number of nitrogens with two attached hydrogens (primary N) is 1. The van der Waals surface area contributed by atoms with Gasteiger partial charge < -0.3 is 11.1 Å². The molecular formula is C12H16F2N2. The van der Waals surface area contributed by atoms with Crippen molar-refractivity contribution in [2.45, 2.75) is 24.9 Å². The van der Waals surface area contributed by atoms with Crippen LogP contribution in [0.25, 0.3) is 0 Å². The summed E-state index contributed by atoms with van der Waals surface area (Å²) in [6.07, 6.45) is 1.73. The van der Waals surface area contributed by atoms with E-state index in [1.165, 1.54) is 12.1 Å². The van der Waals surface area contributed by atoms with Crippen LogP contribution in [0.5, 0.6) is 0 Å². The number of hydrogen-bond acceptors (Lipinski definition) is 2. The Labute approximate surface area is 93.8 Å². The molecule has 1 aliphatic carbocycles. The highest BCUT2D eigenvalue weighted by Gasteiger charge is 2.34. The second-order valence-corrected chi connectivity index (χ2v) is 4.42. The van der Waals surface area contributed by atoms with Crippen LogP contribution < -0.4 is 11.1 Å². The van der Waals surface area contributed by atoms with Gasteiger partial charge >= 0.3 is 0 Å². The molecular weight excluding hydrogens is 210 g/mol. The Morgan fingerprint density at radius 3 is 2.62 bits per heavy atom. The van der Waals surface area contributed by atoms with Gasteiger partial charge in [-0.3, -0.25) is 0 Å². The van der Waals surface area contributed by atoms with Crippen LogP contribution in [0.15, 0.2) is 18.2 Å². The van der Waals surface area contributed by atoms with Crippen LogP contribution in [-0.2, 0) is 0 Å². The zero-order valence-corrected chi connectivity index (χ0v) is 9.21. The van der Waals surface area contributed by atoms with Crippen molar-refractivity contribution in [3.8, 4) is 0 Å². The number of nitrogens with one attached hydrogen (secondary N) is 1. The Balaban J connectivity index is 2.22. The maximum absolute atomic E-state index is 13.6. The fourth-order valence-corrected chi connectivity index (χ4v) is 2.38. The lowest BCUT2D eigenvalue weighted by Crippen LogP contribution is -2.42. The van der Waals surface area contributed by atoms with Crippen molar-refractivity contribution in [2.24, 2.45) is 11.7 Å². The second kappa shape index (κ2) is 4.47. The van der Waals surface area contributed by atoms with E-state index in [1.54, 1.807) is 7.05 Å². The Kier molecular flexibility index (Phi) is 3.21. The smallest absolute Gasteiger partial charge is 0.128 e. The SMILES string of the molecule is CNC(c1cc(F)ccc1F)C1CC(N)C1. The first-order chi connectivity index (χ1) is 7.61. The predicted molar refractivity (Wildman–Crippen MR) is 58.9 cm³/mol. The van der Waals surface area contributed by atoms with Crippen molar-refractivity contribution >= 4 is 0 Å². The fourth-order valence-electron chi connectivity index (χ4n) is 2.38. The molecule has 1 aromatic carbocycles. The minimum Gasteiger partial charge on any atom is -0.328 e. The summed E-state index contributed by atoms with van der Waals surface area (Å²) in [7, 11) is 1.76. The maximum atomic E-state index is 13.6. The average molecular weight is 226 g/mol. The monoisotopic (exact) mass is 226 g/mol. The second-order valence-electron chi connectivity index (χ2n) is 4.42. The van der Waals surface area contributed by atoms with Crippen LogP contribution in [-0.4, -0.2) is 13.1 Å². The zero-order chi connectivity index (χ0) is 11.7. The van der Waals surface area contributed by atoms with Crippen molar-refractivity contribution in [2.75, 3.05) is 7.05 Å². The lowest BCUT2D eigenvalue weighted by Gasteiger charge is -2.38. The van der Waals surface area contributed by atoms with Crippen molar-refractivity contribution in [1.29, 1.82) is 0 Å². The van der Waals surface area contributed by atoms with Gasteiger partial charge in [0.25, 0.3) is 0 Å². The van der Waals surface area contributed by atoms with Crippen LogP contribution >= 0.6 is 0 Å². The third-order valence-corrected chi connectivity index (χ3v) is 3.29. The van der Waals surface area contributed by atoms with Crippen molar-refractivity contribution in [1.82, 2.24) is 5.32 Å². The van der Waals surface area contributed by atoms with E-state index >= 15 is 0 Å². The van der Waals surface area contributed by atoms with Crippen molar-refractivity contribution in [3.05, 3.63) is 35.4 Å². The number of halogens is 2. The third kappa shape index (κ3) is 2.08. The first kappa shape index (κ1) is 11.5. The maximum Gasteiger partial charge on any atom is 0.128 e. The standard InChI is InChI=1S/C12H16F2N2/c1-16-12(7-4-9(15)5-7)10-6-8(13)2-3-11(10)14/h2-3,6-7,9,12,16H,4-5,15H2,1H3. The molecule has 0 spiro atoms.